The second-order valence-corrected chi connectivity index (χ2v) is 11.1. The highest BCUT2D eigenvalue weighted by molar-refractivity contribution is 5.97. The molecule has 2 saturated heterocycles. The van der Waals surface area contributed by atoms with Crippen LogP contribution in [-0.4, -0.2) is 63.1 Å². The molecule has 2 atom stereocenters. The standard InChI is InChI=1S/C32H41N5O2/c1-4-5-18-36-30(31(38)33-29(32(36)39)21-25-12-8-6-9-13-25)26-16-19-35(20-17-26)22-28-23(2)34-37(24(28)3)27-14-10-7-11-15-27/h6-15,26,29-30H,4-5,16-22H2,1-3H3,(H,33,38)/t29-,30?/m0/s1. The van der Waals surface area contributed by atoms with Crippen molar-refractivity contribution in [1.29, 1.82) is 0 Å². The number of hydrogen-bond donors (Lipinski definition) is 1. The molecule has 2 aliphatic rings. The van der Waals surface area contributed by atoms with Crippen LogP contribution < -0.4 is 5.32 Å². The third-order valence-corrected chi connectivity index (χ3v) is 8.44. The molecule has 39 heavy (non-hydrogen) atoms. The molecule has 1 aromatic heterocycles. The van der Waals surface area contributed by atoms with Gasteiger partial charge in [-0.2, -0.15) is 5.10 Å². The number of nitrogens with zero attached hydrogens (tertiary/aromatic N) is 4. The molecule has 3 aromatic rings. The van der Waals surface area contributed by atoms with Gasteiger partial charge in [-0.25, -0.2) is 4.68 Å². The third kappa shape index (κ3) is 5.93. The lowest BCUT2D eigenvalue weighted by Gasteiger charge is -2.45. The molecule has 0 bridgehead atoms. The van der Waals surface area contributed by atoms with E-state index in [4.69, 9.17) is 5.10 Å². The minimum Gasteiger partial charge on any atom is -0.342 e. The number of rotatable bonds is 9. The van der Waals surface area contributed by atoms with Crippen LogP contribution in [0, 0.1) is 19.8 Å². The van der Waals surface area contributed by atoms with E-state index in [0.29, 0.717) is 13.0 Å². The van der Waals surface area contributed by atoms with Gasteiger partial charge in [0.15, 0.2) is 0 Å². The number of para-hydroxylation sites is 1. The van der Waals surface area contributed by atoms with Crippen molar-refractivity contribution in [2.24, 2.45) is 5.92 Å². The highest BCUT2D eigenvalue weighted by Gasteiger charge is 2.44. The van der Waals surface area contributed by atoms with Crippen LogP contribution in [0.4, 0.5) is 0 Å². The van der Waals surface area contributed by atoms with Crippen LogP contribution in [0.3, 0.4) is 0 Å². The Hall–Kier alpha value is -3.45. The molecule has 0 saturated carbocycles. The number of aryl methyl sites for hydroxylation is 1. The van der Waals surface area contributed by atoms with Gasteiger partial charge in [-0.05, 0) is 69.8 Å². The van der Waals surface area contributed by atoms with Crippen molar-refractivity contribution >= 4 is 11.8 Å². The molecule has 5 rings (SSSR count). The zero-order valence-corrected chi connectivity index (χ0v) is 23.5. The minimum absolute atomic E-state index is 0.0147. The molecule has 2 fully saturated rings. The van der Waals surface area contributed by atoms with Gasteiger partial charge in [0, 0.05) is 30.8 Å². The first kappa shape index (κ1) is 27.1. The Morgan fingerprint density at radius 3 is 2.28 bits per heavy atom. The molecule has 7 heteroatoms. The SMILES string of the molecule is CCCCN1C(=O)[C@H](Cc2ccccc2)NC(=O)C1C1CCN(Cc2c(C)nn(-c3ccccc3)c2C)CC1. The highest BCUT2D eigenvalue weighted by Crippen LogP contribution is 2.30. The normalized spacial score (nSPS) is 20.8. The molecule has 7 nitrogen and oxygen atoms in total. The number of piperazine rings is 1. The lowest BCUT2D eigenvalue weighted by atomic mass is 9.85. The van der Waals surface area contributed by atoms with E-state index in [2.05, 4.69) is 43.1 Å². The van der Waals surface area contributed by atoms with Crippen LogP contribution in [0.25, 0.3) is 5.69 Å². The van der Waals surface area contributed by atoms with Crippen molar-refractivity contribution in [3.8, 4) is 5.69 Å². The number of unbranched alkanes of at least 4 members (excludes halogenated alkanes) is 1. The topological polar surface area (TPSA) is 70.5 Å². The highest BCUT2D eigenvalue weighted by atomic mass is 16.2. The number of hydrogen-bond acceptors (Lipinski definition) is 4. The van der Waals surface area contributed by atoms with Gasteiger partial charge in [-0.3, -0.25) is 14.5 Å². The van der Waals surface area contributed by atoms with Gasteiger partial charge < -0.3 is 10.2 Å². The van der Waals surface area contributed by atoms with E-state index >= 15 is 0 Å². The molecular weight excluding hydrogens is 486 g/mol. The van der Waals surface area contributed by atoms with E-state index in [-0.39, 0.29) is 23.8 Å². The Bertz CT molecular complexity index is 1260. The van der Waals surface area contributed by atoms with Crippen LogP contribution in [-0.2, 0) is 22.6 Å². The maximum Gasteiger partial charge on any atom is 0.246 e. The lowest BCUT2D eigenvalue weighted by Crippen LogP contribution is -2.66. The van der Waals surface area contributed by atoms with E-state index in [1.165, 1.54) is 11.3 Å². The number of likely N-dealkylation sites (tertiary alicyclic amines) is 1. The molecule has 2 amide bonds. The fourth-order valence-corrected chi connectivity index (χ4v) is 6.21. The van der Waals surface area contributed by atoms with Crippen LogP contribution >= 0.6 is 0 Å². The van der Waals surface area contributed by atoms with Gasteiger partial charge in [0.1, 0.15) is 12.1 Å². The quantitative estimate of drug-likeness (QED) is 0.447. The first-order chi connectivity index (χ1) is 19.0. The molecule has 0 spiro atoms. The lowest BCUT2D eigenvalue weighted by molar-refractivity contribution is -0.152. The second kappa shape index (κ2) is 12.2. The van der Waals surface area contributed by atoms with Crippen molar-refractivity contribution in [3.63, 3.8) is 0 Å². The average Bonchev–Trinajstić information content (AvgIpc) is 3.24. The number of piperidine rings is 1. The molecule has 3 heterocycles. The Labute approximate surface area is 232 Å². The Morgan fingerprint density at radius 2 is 1.62 bits per heavy atom. The zero-order chi connectivity index (χ0) is 27.4. The Morgan fingerprint density at radius 1 is 0.949 bits per heavy atom. The number of benzene rings is 2. The van der Waals surface area contributed by atoms with Crippen molar-refractivity contribution in [1.82, 2.24) is 24.9 Å². The summed E-state index contributed by atoms with van der Waals surface area (Å²) < 4.78 is 2.03. The Balaban J connectivity index is 1.25. The van der Waals surface area contributed by atoms with Gasteiger partial charge in [-0.1, -0.05) is 61.9 Å². The molecule has 1 N–H and O–H groups in total. The van der Waals surface area contributed by atoms with Gasteiger partial charge in [0.05, 0.1) is 11.4 Å². The maximum absolute atomic E-state index is 13.6. The number of nitrogens with one attached hydrogen (secondary N) is 1. The van der Waals surface area contributed by atoms with E-state index < -0.39 is 6.04 Å². The van der Waals surface area contributed by atoms with Crippen LogP contribution in [0.2, 0.25) is 0 Å². The Kier molecular flexibility index (Phi) is 8.46. The summed E-state index contributed by atoms with van der Waals surface area (Å²) >= 11 is 0. The van der Waals surface area contributed by atoms with Gasteiger partial charge in [0.2, 0.25) is 11.8 Å². The second-order valence-electron chi connectivity index (χ2n) is 11.1. The van der Waals surface area contributed by atoms with Gasteiger partial charge >= 0.3 is 0 Å². The first-order valence-corrected chi connectivity index (χ1v) is 14.4. The minimum atomic E-state index is -0.486. The molecule has 0 aliphatic carbocycles. The molecule has 0 radical (unpaired) electrons. The molecular formula is C32H41N5O2. The van der Waals surface area contributed by atoms with E-state index in [0.717, 1.165) is 62.3 Å². The molecule has 1 unspecified atom stereocenters. The summed E-state index contributed by atoms with van der Waals surface area (Å²) in [5.41, 5.74) is 5.66. The fraction of sp³-hybridized carbons (Fsp3) is 0.469. The number of carbonyl (C=O) groups is 2. The van der Waals surface area contributed by atoms with E-state index in [1.54, 1.807) is 0 Å². The first-order valence-electron chi connectivity index (χ1n) is 14.4. The van der Waals surface area contributed by atoms with Crippen LogP contribution in [0.15, 0.2) is 60.7 Å². The van der Waals surface area contributed by atoms with Crippen molar-refractivity contribution in [2.75, 3.05) is 19.6 Å². The summed E-state index contributed by atoms with van der Waals surface area (Å²) in [6, 6.07) is 19.4. The van der Waals surface area contributed by atoms with Crippen molar-refractivity contribution in [2.45, 2.75) is 71.5 Å². The summed E-state index contributed by atoms with van der Waals surface area (Å²) in [6.07, 6.45) is 4.25. The number of aromatic nitrogens is 2. The molecule has 2 aromatic carbocycles. The zero-order valence-electron chi connectivity index (χ0n) is 23.5. The van der Waals surface area contributed by atoms with Crippen molar-refractivity contribution < 1.29 is 9.59 Å². The van der Waals surface area contributed by atoms with E-state index in [1.807, 2.05) is 58.1 Å². The van der Waals surface area contributed by atoms with Crippen molar-refractivity contribution in [3.05, 3.63) is 83.2 Å². The number of carbonyl (C=O) groups excluding carboxylic acids is 2. The van der Waals surface area contributed by atoms with Crippen LogP contribution in [0.1, 0.15) is 55.1 Å². The summed E-state index contributed by atoms with van der Waals surface area (Å²) in [5, 5.41) is 7.92. The largest absolute Gasteiger partial charge is 0.342 e. The monoisotopic (exact) mass is 527 g/mol. The van der Waals surface area contributed by atoms with Gasteiger partial charge in [-0.15, -0.1) is 0 Å². The predicted molar refractivity (Wildman–Crippen MR) is 154 cm³/mol. The summed E-state index contributed by atoms with van der Waals surface area (Å²) in [7, 11) is 0. The average molecular weight is 528 g/mol. The molecule has 2 aliphatic heterocycles. The fourth-order valence-electron chi connectivity index (χ4n) is 6.21. The predicted octanol–water partition coefficient (Wildman–Crippen LogP) is 4.44. The van der Waals surface area contributed by atoms with Gasteiger partial charge in [0.25, 0.3) is 0 Å². The summed E-state index contributed by atoms with van der Waals surface area (Å²) in [6.45, 7) is 9.68. The smallest absolute Gasteiger partial charge is 0.246 e. The third-order valence-electron chi connectivity index (χ3n) is 8.44. The van der Waals surface area contributed by atoms with E-state index in [9.17, 15) is 9.59 Å². The maximum atomic E-state index is 13.6. The number of amides is 2. The van der Waals surface area contributed by atoms with Crippen LogP contribution in [0.5, 0.6) is 0 Å². The summed E-state index contributed by atoms with van der Waals surface area (Å²) in [5.74, 6) is 0.258. The summed E-state index contributed by atoms with van der Waals surface area (Å²) in [4.78, 5) is 31.5. The molecule has 206 valence electrons.